The molecule has 0 aliphatic heterocycles. The van der Waals surface area contributed by atoms with Crippen LogP contribution in [0, 0.1) is 0 Å². The molecule has 3 heteroatoms. The number of hydrogen-bond donors (Lipinski definition) is 1. The van der Waals surface area contributed by atoms with Gasteiger partial charge >= 0.3 is 5.97 Å². The summed E-state index contributed by atoms with van der Waals surface area (Å²) in [5.74, 6) is -0.352. The first-order valence-corrected chi connectivity index (χ1v) is 4.15. The lowest BCUT2D eigenvalue weighted by Gasteiger charge is -2.04. The van der Waals surface area contributed by atoms with Crippen molar-refractivity contribution in [2.75, 3.05) is 12.8 Å². The Morgan fingerprint density at radius 3 is 2.69 bits per heavy atom. The van der Waals surface area contributed by atoms with Gasteiger partial charge < -0.3 is 10.5 Å². The lowest BCUT2D eigenvalue weighted by atomic mass is 10.1. The van der Waals surface area contributed by atoms with Gasteiger partial charge in [0.2, 0.25) is 0 Å². The summed E-state index contributed by atoms with van der Waals surface area (Å²) < 4.78 is 4.57. The first-order valence-electron chi connectivity index (χ1n) is 4.15. The Bertz CT molecular complexity index is 321. The van der Waals surface area contributed by atoms with E-state index in [1.807, 2.05) is 13.0 Å². The first kappa shape index (κ1) is 9.58. The number of anilines is 1. The Morgan fingerprint density at radius 2 is 2.23 bits per heavy atom. The average Bonchev–Trinajstić information content (AvgIpc) is 2.16. The fourth-order valence-electron chi connectivity index (χ4n) is 1.16. The van der Waals surface area contributed by atoms with Gasteiger partial charge in [0.15, 0.2) is 0 Å². The van der Waals surface area contributed by atoms with Crippen molar-refractivity contribution < 1.29 is 9.53 Å². The molecule has 0 bridgehead atoms. The third-order valence-corrected chi connectivity index (χ3v) is 1.95. The highest BCUT2D eigenvalue weighted by molar-refractivity contribution is 5.90. The second-order valence-electron chi connectivity index (χ2n) is 2.76. The molecule has 2 N–H and O–H groups in total. The summed E-state index contributed by atoms with van der Waals surface area (Å²) in [4.78, 5) is 11.1. The number of carbonyl (C=O) groups excluding carboxylic acids is 1. The summed E-state index contributed by atoms with van der Waals surface area (Å²) >= 11 is 0. The summed E-state index contributed by atoms with van der Waals surface area (Å²) in [6.07, 6.45) is 0.868. The minimum Gasteiger partial charge on any atom is -0.465 e. The fraction of sp³-hybridized carbons (Fsp3) is 0.300. The lowest BCUT2D eigenvalue weighted by molar-refractivity contribution is 0.0601. The zero-order chi connectivity index (χ0) is 9.84. The molecule has 0 heterocycles. The minimum absolute atomic E-state index is 0.352. The molecule has 1 aromatic carbocycles. The number of hydrogen-bond acceptors (Lipinski definition) is 3. The van der Waals surface area contributed by atoms with E-state index in [4.69, 9.17) is 5.73 Å². The molecule has 0 fully saturated rings. The third-order valence-electron chi connectivity index (χ3n) is 1.95. The summed E-state index contributed by atoms with van der Waals surface area (Å²) in [6.45, 7) is 2.02. The van der Waals surface area contributed by atoms with Crippen molar-refractivity contribution >= 4 is 11.7 Å². The number of rotatable bonds is 2. The van der Waals surface area contributed by atoms with Crippen LogP contribution < -0.4 is 5.73 Å². The average molecular weight is 179 g/mol. The SMILES string of the molecule is CCc1ccc(C(=O)OC)cc1N. The maximum Gasteiger partial charge on any atom is 0.337 e. The van der Waals surface area contributed by atoms with Gasteiger partial charge in [-0.2, -0.15) is 0 Å². The van der Waals surface area contributed by atoms with Gasteiger partial charge in [0.25, 0.3) is 0 Å². The third kappa shape index (κ3) is 1.99. The molecule has 3 nitrogen and oxygen atoms in total. The van der Waals surface area contributed by atoms with Crippen molar-refractivity contribution in [3.8, 4) is 0 Å². The lowest BCUT2D eigenvalue weighted by Crippen LogP contribution is -2.03. The minimum atomic E-state index is -0.352. The highest BCUT2D eigenvalue weighted by Gasteiger charge is 2.06. The van der Waals surface area contributed by atoms with Crippen LogP contribution in [0.4, 0.5) is 5.69 Å². The van der Waals surface area contributed by atoms with Crippen molar-refractivity contribution in [3.63, 3.8) is 0 Å². The largest absolute Gasteiger partial charge is 0.465 e. The molecule has 0 aromatic heterocycles. The smallest absolute Gasteiger partial charge is 0.337 e. The van der Waals surface area contributed by atoms with Gasteiger partial charge in [-0.15, -0.1) is 0 Å². The van der Waals surface area contributed by atoms with Crippen molar-refractivity contribution in [2.24, 2.45) is 0 Å². The van der Waals surface area contributed by atoms with Gasteiger partial charge in [-0.3, -0.25) is 0 Å². The maximum absolute atomic E-state index is 11.1. The first-order chi connectivity index (χ1) is 6.19. The van der Waals surface area contributed by atoms with E-state index in [9.17, 15) is 4.79 Å². The molecule has 0 saturated carbocycles. The molecule has 0 amide bonds. The number of esters is 1. The molecular weight excluding hydrogens is 166 g/mol. The van der Waals surface area contributed by atoms with Gasteiger partial charge in [0.1, 0.15) is 0 Å². The second-order valence-corrected chi connectivity index (χ2v) is 2.76. The number of benzene rings is 1. The molecule has 0 aliphatic rings. The van der Waals surface area contributed by atoms with Crippen molar-refractivity contribution in [1.29, 1.82) is 0 Å². The van der Waals surface area contributed by atoms with Crippen LogP contribution in [0.5, 0.6) is 0 Å². The number of nitrogens with two attached hydrogens (primary N) is 1. The summed E-state index contributed by atoms with van der Waals surface area (Å²) in [5, 5.41) is 0. The van der Waals surface area contributed by atoms with Crippen LogP contribution in [-0.4, -0.2) is 13.1 Å². The number of ether oxygens (including phenoxy) is 1. The quantitative estimate of drug-likeness (QED) is 0.554. The van der Waals surface area contributed by atoms with E-state index in [-0.39, 0.29) is 5.97 Å². The van der Waals surface area contributed by atoms with E-state index in [0.29, 0.717) is 11.3 Å². The Labute approximate surface area is 77.5 Å². The predicted molar refractivity (Wildman–Crippen MR) is 51.6 cm³/mol. The monoisotopic (exact) mass is 179 g/mol. The topological polar surface area (TPSA) is 52.3 Å². The number of carbonyl (C=O) groups is 1. The number of nitrogen functional groups attached to an aromatic ring is 1. The van der Waals surface area contributed by atoms with Crippen LogP contribution in [0.25, 0.3) is 0 Å². The van der Waals surface area contributed by atoms with Crippen molar-refractivity contribution in [3.05, 3.63) is 29.3 Å². The highest BCUT2D eigenvalue weighted by Crippen LogP contribution is 2.15. The Balaban J connectivity index is 3.02. The van der Waals surface area contributed by atoms with Gasteiger partial charge in [0.05, 0.1) is 12.7 Å². The maximum atomic E-state index is 11.1. The molecule has 1 aromatic rings. The fourth-order valence-corrected chi connectivity index (χ4v) is 1.16. The van der Waals surface area contributed by atoms with E-state index in [2.05, 4.69) is 4.74 Å². The van der Waals surface area contributed by atoms with Crippen molar-refractivity contribution in [2.45, 2.75) is 13.3 Å². The van der Waals surface area contributed by atoms with E-state index in [0.717, 1.165) is 12.0 Å². The summed E-state index contributed by atoms with van der Waals surface area (Å²) in [7, 11) is 1.35. The molecule has 0 spiro atoms. The van der Waals surface area contributed by atoms with Crippen molar-refractivity contribution in [1.82, 2.24) is 0 Å². The molecule has 0 radical (unpaired) electrons. The number of methoxy groups -OCH3 is 1. The van der Waals surface area contributed by atoms with Crippen LogP contribution >= 0.6 is 0 Å². The zero-order valence-corrected chi connectivity index (χ0v) is 7.83. The molecule has 0 unspecified atom stereocenters. The molecule has 1 rings (SSSR count). The van der Waals surface area contributed by atoms with Gasteiger partial charge in [0, 0.05) is 5.69 Å². The van der Waals surface area contributed by atoms with E-state index in [1.165, 1.54) is 7.11 Å². The summed E-state index contributed by atoms with van der Waals surface area (Å²) in [5.41, 5.74) is 7.91. The van der Waals surface area contributed by atoms with Crippen LogP contribution in [0.3, 0.4) is 0 Å². The van der Waals surface area contributed by atoms with Crippen LogP contribution in [0.15, 0.2) is 18.2 Å². The van der Waals surface area contributed by atoms with Gasteiger partial charge in [-0.1, -0.05) is 13.0 Å². The Kier molecular flexibility index (Phi) is 2.90. The molecule has 0 aliphatic carbocycles. The Morgan fingerprint density at radius 1 is 1.54 bits per heavy atom. The molecule has 0 saturated heterocycles. The molecule has 0 atom stereocenters. The van der Waals surface area contributed by atoms with Crippen LogP contribution in [0.2, 0.25) is 0 Å². The summed E-state index contributed by atoms with van der Waals surface area (Å²) in [6, 6.07) is 5.22. The number of aryl methyl sites for hydroxylation is 1. The van der Waals surface area contributed by atoms with Crippen LogP contribution in [0.1, 0.15) is 22.8 Å². The second kappa shape index (κ2) is 3.94. The normalized spacial score (nSPS) is 9.69. The van der Waals surface area contributed by atoms with E-state index < -0.39 is 0 Å². The standard InChI is InChI=1S/C10H13NO2/c1-3-7-4-5-8(6-9(7)11)10(12)13-2/h4-6H,3,11H2,1-2H3. The van der Waals surface area contributed by atoms with Gasteiger partial charge in [-0.25, -0.2) is 4.79 Å². The molecule has 70 valence electrons. The predicted octanol–water partition coefficient (Wildman–Crippen LogP) is 1.62. The van der Waals surface area contributed by atoms with Crippen LogP contribution in [-0.2, 0) is 11.2 Å². The molecular formula is C10H13NO2. The highest BCUT2D eigenvalue weighted by atomic mass is 16.5. The molecule has 13 heavy (non-hydrogen) atoms. The van der Waals surface area contributed by atoms with E-state index in [1.54, 1.807) is 12.1 Å². The van der Waals surface area contributed by atoms with Gasteiger partial charge in [-0.05, 0) is 24.1 Å². The zero-order valence-electron chi connectivity index (χ0n) is 7.83. The Hall–Kier alpha value is -1.51. The van der Waals surface area contributed by atoms with E-state index >= 15 is 0 Å².